The van der Waals surface area contributed by atoms with Crippen molar-refractivity contribution in [3.05, 3.63) is 12.7 Å². The average Bonchev–Trinajstić information content (AvgIpc) is 3.11. The first-order valence-corrected chi connectivity index (χ1v) is 6.81. The lowest BCUT2D eigenvalue weighted by molar-refractivity contribution is -0.148. The summed E-state index contributed by atoms with van der Waals surface area (Å²) >= 11 is 0. The number of epoxide rings is 1. The molecule has 0 unspecified atom stereocenters. The van der Waals surface area contributed by atoms with Crippen molar-refractivity contribution in [3.63, 3.8) is 0 Å². The number of unbranched alkanes of at least 4 members (excludes halogenated alkanes) is 2. The Morgan fingerprint density at radius 1 is 1.42 bits per heavy atom. The summed E-state index contributed by atoms with van der Waals surface area (Å²) in [4.78, 5) is 25.2. The van der Waals surface area contributed by atoms with Crippen molar-refractivity contribution >= 4 is 11.9 Å². The van der Waals surface area contributed by atoms with Crippen LogP contribution in [0.25, 0.3) is 0 Å². The molecule has 108 valence electrons. The molecule has 1 amide bonds. The van der Waals surface area contributed by atoms with Gasteiger partial charge in [0.15, 0.2) is 6.10 Å². The molecule has 5 heteroatoms. The highest BCUT2D eigenvalue weighted by Gasteiger charge is 2.43. The molecule has 0 saturated carbocycles. The Morgan fingerprint density at radius 2 is 2.11 bits per heavy atom. The van der Waals surface area contributed by atoms with Gasteiger partial charge in [0.2, 0.25) is 0 Å². The number of rotatable bonds is 9. The van der Waals surface area contributed by atoms with E-state index < -0.39 is 5.97 Å². The lowest BCUT2D eigenvalue weighted by Gasteiger charge is -2.20. The highest BCUT2D eigenvalue weighted by molar-refractivity contribution is 5.87. The lowest BCUT2D eigenvalue weighted by atomic mass is 10.2. The van der Waals surface area contributed by atoms with Crippen molar-refractivity contribution in [2.45, 2.75) is 45.3 Å². The minimum Gasteiger partial charge on any atom is -0.460 e. The van der Waals surface area contributed by atoms with Crippen molar-refractivity contribution in [1.29, 1.82) is 0 Å². The largest absolute Gasteiger partial charge is 0.460 e. The smallest absolute Gasteiger partial charge is 0.325 e. The van der Waals surface area contributed by atoms with Gasteiger partial charge in [0.1, 0.15) is 13.2 Å². The van der Waals surface area contributed by atoms with Crippen LogP contribution in [0, 0.1) is 0 Å². The van der Waals surface area contributed by atoms with Crippen LogP contribution in [-0.2, 0) is 19.1 Å². The molecule has 0 aromatic carbocycles. The first kappa shape index (κ1) is 15.7. The van der Waals surface area contributed by atoms with Gasteiger partial charge in [0.05, 0.1) is 6.10 Å². The Balaban J connectivity index is 2.45. The molecule has 0 aromatic rings. The second kappa shape index (κ2) is 7.94. The van der Waals surface area contributed by atoms with Crippen LogP contribution in [0.15, 0.2) is 12.7 Å². The van der Waals surface area contributed by atoms with Gasteiger partial charge in [0.25, 0.3) is 5.91 Å². The number of esters is 1. The molecule has 1 aliphatic heterocycles. The van der Waals surface area contributed by atoms with Gasteiger partial charge in [-0.1, -0.05) is 32.4 Å². The van der Waals surface area contributed by atoms with Crippen LogP contribution >= 0.6 is 0 Å². The van der Waals surface area contributed by atoms with E-state index in [1.54, 1.807) is 0 Å². The van der Waals surface area contributed by atoms with Crippen LogP contribution in [-0.4, -0.2) is 48.7 Å². The average molecular weight is 269 g/mol. The van der Waals surface area contributed by atoms with Crippen LogP contribution in [0.5, 0.6) is 0 Å². The van der Waals surface area contributed by atoms with Crippen molar-refractivity contribution in [1.82, 2.24) is 4.90 Å². The molecule has 1 aliphatic rings. The Morgan fingerprint density at radius 3 is 2.63 bits per heavy atom. The van der Waals surface area contributed by atoms with Crippen LogP contribution in [0.1, 0.15) is 33.1 Å². The molecule has 1 saturated heterocycles. The standard InChI is InChI=1S/C14H23NO4/c1-4-6-7-8-15(10-12(16)18-9-5-2)14(17)13-11(3)19-13/h5,11,13H,2,4,6-10H2,1,3H3/t11-,13-/m1/s1. The quantitative estimate of drug-likeness (QED) is 0.275. The molecule has 2 atom stereocenters. The highest BCUT2D eigenvalue weighted by Crippen LogP contribution is 2.23. The van der Waals surface area contributed by atoms with Crippen LogP contribution < -0.4 is 0 Å². The molecule has 0 aliphatic carbocycles. The second-order valence-electron chi connectivity index (χ2n) is 4.70. The summed E-state index contributed by atoms with van der Waals surface area (Å²) < 4.78 is 10.1. The highest BCUT2D eigenvalue weighted by atomic mass is 16.6. The van der Waals surface area contributed by atoms with Crippen LogP contribution in [0.4, 0.5) is 0 Å². The van der Waals surface area contributed by atoms with E-state index in [4.69, 9.17) is 9.47 Å². The third kappa shape index (κ3) is 5.42. The molecule has 5 nitrogen and oxygen atoms in total. The number of carbonyl (C=O) groups is 2. The fraction of sp³-hybridized carbons (Fsp3) is 0.714. The SMILES string of the molecule is C=CCOC(=O)CN(CCCCC)C(=O)[C@@H]1O[C@@H]1C. The Bertz CT molecular complexity index is 329. The molecule has 0 spiro atoms. The predicted molar refractivity (Wildman–Crippen MR) is 71.6 cm³/mol. The second-order valence-corrected chi connectivity index (χ2v) is 4.70. The summed E-state index contributed by atoms with van der Waals surface area (Å²) in [5.74, 6) is -0.516. The van der Waals surface area contributed by atoms with E-state index in [1.807, 2.05) is 6.92 Å². The summed E-state index contributed by atoms with van der Waals surface area (Å²) in [5, 5.41) is 0. The van der Waals surface area contributed by atoms with E-state index >= 15 is 0 Å². The van der Waals surface area contributed by atoms with Gasteiger partial charge in [-0.25, -0.2) is 0 Å². The number of carbonyl (C=O) groups excluding carboxylic acids is 2. The van der Waals surface area contributed by atoms with Crippen LogP contribution in [0.2, 0.25) is 0 Å². The Labute approximate surface area is 114 Å². The number of ether oxygens (including phenoxy) is 2. The van der Waals surface area contributed by atoms with Gasteiger partial charge in [-0.2, -0.15) is 0 Å². The fourth-order valence-corrected chi connectivity index (χ4v) is 1.80. The third-order valence-corrected chi connectivity index (χ3v) is 2.98. The third-order valence-electron chi connectivity index (χ3n) is 2.98. The monoisotopic (exact) mass is 269 g/mol. The lowest BCUT2D eigenvalue weighted by Crippen LogP contribution is -2.40. The molecule has 19 heavy (non-hydrogen) atoms. The first-order valence-electron chi connectivity index (χ1n) is 6.81. The molecule has 0 bridgehead atoms. The van der Waals surface area contributed by atoms with Gasteiger partial charge < -0.3 is 14.4 Å². The van der Waals surface area contributed by atoms with Crippen molar-refractivity contribution < 1.29 is 19.1 Å². The van der Waals surface area contributed by atoms with Gasteiger partial charge >= 0.3 is 5.97 Å². The zero-order valence-electron chi connectivity index (χ0n) is 11.8. The van der Waals surface area contributed by atoms with Gasteiger partial charge in [0, 0.05) is 6.54 Å². The Hall–Kier alpha value is -1.36. The topological polar surface area (TPSA) is 59.1 Å². The summed E-state index contributed by atoms with van der Waals surface area (Å²) in [6.45, 7) is 8.16. The van der Waals surface area contributed by atoms with Crippen molar-refractivity contribution in [2.24, 2.45) is 0 Å². The van der Waals surface area contributed by atoms with Crippen molar-refractivity contribution in [3.8, 4) is 0 Å². The van der Waals surface area contributed by atoms with Gasteiger partial charge in [-0.05, 0) is 13.3 Å². The minimum absolute atomic E-state index is 0.0109. The fourth-order valence-electron chi connectivity index (χ4n) is 1.80. The molecular weight excluding hydrogens is 246 g/mol. The molecule has 0 radical (unpaired) electrons. The predicted octanol–water partition coefficient (Wildman–Crippen LogP) is 1.52. The van der Waals surface area contributed by atoms with Gasteiger partial charge in [-0.15, -0.1) is 0 Å². The van der Waals surface area contributed by atoms with E-state index in [1.165, 1.54) is 11.0 Å². The number of amides is 1. The molecule has 0 N–H and O–H groups in total. The maximum absolute atomic E-state index is 12.1. The summed E-state index contributed by atoms with van der Waals surface area (Å²) in [5.41, 5.74) is 0. The summed E-state index contributed by atoms with van der Waals surface area (Å²) in [6, 6.07) is 0. The zero-order chi connectivity index (χ0) is 14.3. The maximum atomic E-state index is 12.1. The molecular formula is C14H23NO4. The molecule has 1 heterocycles. The van der Waals surface area contributed by atoms with E-state index in [9.17, 15) is 9.59 Å². The summed E-state index contributed by atoms with van der Waals surface area (Å²) in [7, 11) is 0. The first-order chi connectivity index (χ1) is 9.10. The number of nitrogens with zero attached hydrogens (tertiary/aromatic N) is 1. The number of hydrogen-bond acceptors (Lipinski definition) is 4. The van der Waals surface area contributed by atoms with Crippen LogP contribution in [0.3, 0.4) is 0 Å². The Kier molecular flexibility index (Phi) is 6.56. The maximum Gasteiger partial charge on any atom is 0.325 e. The molecule has 1 fully saturated rings. The van der Waals surface area contributed by atoms with Crippen molar-refractivity contribution in [2.75, 3.05) is 19.7 Å². The van der Waals surface area contributed by atoms with E-state index in [0.717, 1.165) is 19.3 Å². The normalized spacial score (nSPS) is 20.7. The zero-order valence-corrected chi connectivity index (χ0v) is 11.8. The number of hydrogen-bond donors (Lipinski definition) is 0. The van der Waals surface area contributed by atoms with E-state index in [2.05, 4.69) is 13.5 Å². The van der Waals surface area contributed by atoms with E-state index in [-0.39, 0.29) is 31.3 Å². The van der Waals surface area contributed by atoms with Gasteiger partial charge in [-0.3, -0.25) is 9.59 Å². The van der Waals surface area contributed by atoms with E-state index in [0.29, 0.717) is 6.54 Å². The summed E-state index contributed by atoms with van der Waals surface area (Å²) in [6.07, 6.45) is 4.08. The molecule has 0 aromatic heterocycles. The minimum atomic E-state index is -0.405. The molecule has 1 rings (SSSR count).